The van der Waals surface area contributed by atoms with Crippen molar-refractivity contribution in [3.05, 3.63) is 21.9 Å². The van der Waals surface area contributed by atoms with E-state index in [2.05, 4.69) is 18.7 Å². The molecule has 0 spiro atoms. The molecule has 0 saturated carbocycles. The Balaban J connectivity index is 0.00000192. The molecule has 130 valence electrons. The Bertz CT molecular complexity index is 563. The average Bonchev–Trinajstić information content (AvgIpc) is 3.09. The number of thiophene rings is 1. The van der Waals surface area contributed by atoms with Gasteiger partial charge < -0.3 is 14.9 Å². The predicted octanol–water partition coefficient (Wildman–Crippen LogP) is 2.64. The summed E-state index contributed by atoms with van der Waals surface area (Å²) in [6.07, 6.45) is 1.08. The summed E-state index contributed by atoms with van der Waals surface area (Å²) in [7, 11) is 0. The van der Waals surface area contributed by atoms with Crippen molar-refractivity contribution in [1.29, 1.82) is 0 Å². The normalized spacial score (nSPS) is 27.9. The third-order valence-corrected chi connectivity index (χ3v) is 6.49. The molecule has 1 amide bonds. The molecule has 4 nitrogen and oxygen atoms in total. The van der Waals surface area contributed by atoms with E-state index in [-0.39, 0.29) is 30.3 Å². The molecule has 3 heterocycles. The zero-order chi connectivity index (χ0) is 15.9. The fourth-order valence-electron chi connectivity index (χ4n) is 3.98. The first-order chi connectivity index (χ1) is 10.5. The minimum Gasteiger partial charge on any atom is -0.396 e. The van der Waals surface area contributed by atoms with Gasteiger partial charge in [0, 0.05) is 31.1 Å². The van der Waals surface area contributed by atoms with Crippen molar-refractivity contribution < 1.29 is 9.90 Å². The second kappa shape index (κ2) is 7.09. The van der Waals surface area contributed by atoms with Crippen LogP contribution in [-0.2, 0) is 0 Å². The van der Waals surface area contributed by atoms with Gasteiger partial charge in [0.2, 0.25) is 0 Å². The molecule has 0 aromatic carbocycles. The Morgan fingerprint density at radius 2 is 2.22 bits per heavy atom. The third kappa shape index (κ3) is 3.29. The lowest BCUT2D eigenvalue weighted by atomic mass is 9.73. The molecule has 2 saturated heterocycles. The highest BCUT2D eigenvalue weighted by atomic mass is 35.5. The number of aliphatic hydroxyl groups excluding tert-OH is 1. The summed E-state index contributed by atoms with van der Waals surface area (Å²) in [6, 6.07) is 2.50. The minimum absolute atomic E-state index is 0. The Morgan fingerprint density at radius 1 is 1.48 bits per heavy atom. The molecule has 1 N–H and O–H groups in total. The number of aryl methyl sites for hydroxylation is 1. The van der Waals surface area contributed by atoms with Crippen LogP contribution in [0, 0.1) is 18.3 Å². The second-order valence-corrected chi connectivity index (χ2v) is 8.10. The SMILES string of the molecule is Cc1ccsc1C(=O)N1C[C@H]2CCN(C(C)C)C[C@@]2(CO)C1.Cl. The van der Waals surface area contributed by atoms with E-state index in [1.807, 2.05) is 23.3 Å². The lowest BCUT2D eigenvalue weighted by Crippen LogP contribution is -2.52. The number of fused-ring (bicyclic) bond motifs is 1. The number of amides is 1. The van der Waals surface area contributed by atoms with Crippen molar-refractivity contribution >= 4 is 29.7 Å². The lowest BCUT2D eigenvalue weighted by molar-refractivity contribution is -0.00102. The van der Waals surface area contributed by atoms with E-state index in [0.717, 1.165) is 36.5 Å². The van der Waals surface area contributed by atoms with Gasteiger partial charge in [-0.05, 0) is 56.7 Å². The summed E-state index contributed by atoms with van der Waals surface area (Å²) in [5.74, 6) is 0.572. The fraction of sp³-hybridized carbons (Fsp3) is 0.706. The summed E-state index contributed by atoms with van der Waals surface area (Å²) in [5.41, 5.74) is 0.926. The highest BCUT2D eigenvalue weighted by Crippen LogP contribution is 2.43. The topological polar surface area (TPSA) is 43.8 Å². The van der Waals surface area contributed by atoms with Crippen LogP contribution in [0.2, 0.25) is 0 Å². The summed E-state index contributed by atoms with van der Waals surface area (Å²) < 4.78 is 0. The molecule has 0 bridgehead atoms. The maximum absolute atomic E-state index is 12.8. The van der Waals surface area contributed by atoms with Crippen LogP contribution >= 0.6 is 23.7 Å². The van der Waals surface area contributed by atoms with Crippen LogP contribution in [0.5, 0.6) is 0 Å². The standard InChI is InChI=1S/C17H26N2O2S.ClH/c1-12(2)18-6-4-14-8-19(10-17(14,9-18)11-20)16(21)15-13(3)5-7-22-15;/h5,7,12,14,20H,4,6,8-11H2,1-3H3;1H/t14-,17+;/m1./s1. The molecule has 0 unspecified atom stereocenters. The van der Waals surface area contributed by atoms with Crippen LogP contribution in [0.25, 0.3) is 0 Å². The first-order valence-corrected chi connectivity index (χ1v) is 9.03. The molecule has 0 radical (unpaired) electrons. The fourth-order valence-corrected chi connectivity index (χ4v) is 4.87. The van der Waals surface area contributed by atoms with Gasteiger partial charge in [0.25, 0.3) is 5.91 Å². The van der Waals surface area contributed by atoms with E-state index in [1.165, 1.54) is 11.3 Å². The highest BCUT2D eigenvalue weighted by Gasteiger charge is 2.51. The van der Waals surface area contributed by atoms with Crippen molar-refractivity contribution in [2.45, 2.75) is 33.2 Å². The summed E-state index contributed by atoms with van der Waals surface area (Å²) in [4.78, 5) is 18.1. The van der Waals surface area contributed by atoms with Gasteiger partial charge in [-0.25, -0.2) is 0 Å². The van der Waals surface area contributed by atoms with Gasteiger partial charge in [0.05, 0.1) is 11.5 Å². The van der Waals surface area contributed by atoms with E-state index in [0.29, 0.717) is 18.5 Å². The molecule has 2 aliphatic rings. The van der Waals surface area contributed by atoms with Crippen LogP contribution in [-0.4, -0.2) is 59.6 Å². The number of likely N-dealkylation sites (tertiary alicyclic amines) is 2. The number of aliphatic hydroxyl groups is 1. The monoisotopic (exact) mass is 358 g/mol. The van der Waals surface area contributed by atoms with Crippen LogP contribution < -0.4 is 0 Å². The highest BCUT2D eigenvalue weighted by molar-refractivity contribution is 7.12. The molecule has 0 aliphatic carbocycles. The molecule has 3 rings (SSSR count). The largest absolute Gasteiger partial charge is 0.396 e. The first-order valence-electron chi connectivity index (χ1n) is 8.15. The Morgan fingerprint density at radius 3 is 2.78 bits per heavy atom. The number of hydrogen-bond donors (Lipinski definition) is 1. The molecule has 23 heavy (non-hydrogen) atoms. The first kappa shape index (κ1) is 18.7. The molecular formula is C17H27ClN2O2S. The molecule has 2 aliphatic heterocycles. The zero-order valence-electron chi connectivity index (χ0n) is 14.1. The summed E-state index contributed by atoms with van der Waals surface area (Å²) in [6.45, 7) is 10.0. The van der Waals surface area contributed by atoms with Crippen LogP contribution in [0.15, 0.2) is 11.4 Å². The predicted molar refractivity (Wildman–Crippen MR) is 96.5 cm³/mol. The number of nitrogens with zero attached hydrogens (tertiary/aromatic N) is 2. The van der Waals surface area contributed by atoms with Crippen LogP contribution in [0.4, 0.5) is 0 Å². The maximum Gasteiger partial charge on any atom is 0.264 e. The number of carbonyl (C=O) groups is 1. The number of carbonyl (C=O) groups excluding carboxylic acids is 1. The molecule has 2 fully saturated rings. The summed E-state index contributed by atoms with van der Waals surface area (Å²) in [5, 5.41) is 12.1. The molecule has 1 aromatic heterocycles. The van der Waals surface area contributed by atoms with Gasteiger partial charge in [0.15, 0.2) is 0 Å². The smallest absolute Gasteiger partial charge is 0.264 e. The number of halogens is 1. The van der Waals surface area contributed by atoms with Crippen molar-refractivity contribution in [1.82, 2.24) is 9.80 Å². The van der Waals surface area contributed by atoms with Gasteiger partial charge in [-0.1, -0.05) is 0 Å². The minimum atomic E-state index is -0.136. The Hall–Kier alpha value is -0.620. The quantitative estimate of drug-likeness (QED) is 0.903. The van der Waals surface area contributed by atoms with Gasteiger partial charge in [0.1, 0.15) is 0 Å². The van der Waals surface area contributed by atoms with Crippen LogP contribution in [0.3, 0.4) is 0 Å². The number of rotatable bonds is 3. The van der Waals surface area contributed by atoms with Crippen molar-refractivity contribution in [2.24, 2.45) is 11.3 Å². The van der Waals surface area contributed by atoms with E-state index < -0.39 is 0 Å². The Labute approximate surface area is 148 Å². The van der Waals surface area contributed by atoms with Crippen molar-refractivity contribution in [3.8, 4) is 0 Å². The molecule has 2 atom stereocenters. The maximum atomic E-state index is 12.8. The van der Waals surface area contributed by atoms with E-state index in [9.17, 15) is 9.90 Å². The van der Waals surface area contributed by atoms with Crippen molar-refractivity contribution in [2.75, 3.05) is 32.8 Å². The number of piperidine rings is 1. The average molecular weight is 359 g/mol. The number of hydrogen-bond acceptors (Lipinski definition) is 4. The van der Waals surface area contributed by atoms with E-state index in [1.54, 1.807) is 0 Å². The van der Waals surface area contributed by atoms with E-state index >= 15 is 0 Å². The lowest BCUT2D eigenvalue weighted by Gasteiger charge is -2.44. The summed E-state index contributed by atoms with van der Waals surface area (Å²) >= 11 is 1.53. The second-order valence-electron chi connectivity index (χ2n) is 7.19. The zero-order valence-corrected chi connectivity index (χ0v) is 15.8. The Kier molecular flexibility index (Phi) is 5.77. The van der Waals surface area contributed by atoms with Gasteiger partial charge in [-0.15, -0.1) is 23.7 Å². The van der Waals surface area contributed by atoms with Crippen molar-refractivity contribution in [3.63, 3.8) is 0 Å². The van der Waals surface area contributed by atoms with Gasteiger partial charge >= 0.3 is 0 Å². The third-order valence-electron chi connectivity index (χ3n) is 5.48. The molecule has 6 heteroatoms. The molecular weight excluding hydrogens is 332 g/mol. The van der Waals surface area contributed by atoms with Gasteiger partial charge in [-0.2, -0.15) is 0 Å². The van der Waals surface area contributed by atoms with Gasteiger partial charge in [-0.3, -0.25) is 4.79 Å². The van der Waals surface area contributed by atoms with Crippen LogP contribution in [0.1, 0.15) is 35.5 Å². The van der Waals surface area contributed by atoms with E-state index in [4.69, 9.17) is 0 Å². The molecule has 1 aromatic rings.